The summed E-state index contributed by atoms with van der Waals surface area (Å²) in [5, 5.41) is 0.598. The lowest BCUT2D eigenvalue weighted by molar-refractivity contribution is 0.917. The predicted octanol–water partition coefficient (Wildman–Crippen LogP) is 6.24. The molecule has 0 amide bonds. The number of alkyl halides is 1. The molecule has 0 aromatic heterocycles. The Morgan fingerprint density at radius 1 is 1.05 bits per heavy atom. The van der Waals surface area contributed by atoms with Crippen molar-refractivity contribution in [1.82, 2.24) is 0 Å². The number of hydrogen-bond donors (Lipinski definition) is 0. The van der Waals surface area contributed by atoms with Crippen LogP contribution in [0.15, 0.2) is 40.9 Å². The minimum Gasteiger partial charge on any atom is -0.117 e. The van der Waals surface area contributed by atoms with E-state index in [4.69, 9.17) is 23.2 Å². The Labute approximate surface area is 132 Å². The van der Waals surface area contributed by atoms with Gasteiger partial charge in [0.1, 0.15) is 0 Å². The Morgan fingerprint density at radius 3 is 2.42 bits per heavy atom. The van der Waals surface area contributed by atoms with Crippen LogP contribution in [-0.4, -0.2) is 0 Å². The first-order valence-electron chi connectivity index (χ1n) is 6.12. The fraction of sp³-hybridized carbons (Fsp3) is 0.250. The molecule has 19 heavy (non-hydrogen) atoms. The van der Waals surface area contributed by atoms with E-state index in [0.717, 1.165) is 16.5 Å². The van der Waals surface area contributed by atoms with Crippen molar-refractivity contribution in [3.63, 3.8) is 0 Å². The van der Waals surface area contributed by atoms with Crippen LogP contribution in [0.1, 0.15) is 27.6 Å². The fourth-order valence-corrected chi connectivity index (χ4v) is 3.23. The van der Waals surface area contributed by atoms with Crippen molar-refractivity contribution in [2.75, 3.05) is 0 Å². The van der Waals surface area contributed by atoms with E-state index in [-0.39, 0.29) is 5.38 Å². The molecule has 0 aliphatic heterocycles. The molecule has 3 heteroatoms. The second-order valence-electron chi connectivity index (χ2n) is 4.76. The van der Waals surface area contributed by atoms with Gasteiger partial charge in [-0.3, -0.25) is 0 Å². The lowest BCUT2D eigenvalue weighted by Gasteiger charge is -2.13. The van der Waals surface area contributed by atoms with Gasteiger partial charge in [0.05, 0.1) is 5.38 Å². The molecule has 0 saturated heterocycles. The van der Waals surface area contributed by atoms with E-state index in [9.17, 15) is 0 Å². The zero-order valence-corrected chi connectivity index (χ0v) is 14.0. The molecular formula is C16H15BrCl2. The highest BCUT2D eigenvalue weighted by molar-refractivity contribution is 9.10. The van der Waals surface area contributed by atoms with Crippen LogP contribution in [-0.2, 0) is 6.42 Å². The number of benzene rings is 2. The monoisotopic (exact) mass is 356 g/mol. The normalized spacial score (nSPS) is 12.5. The van der Waals surface area contributed by atoms with Crippen LogP contribution < -0.4 is 0 Å². The largest absolute Gasteiger partial charge is 0.117 e. The van der Waals surface area contributed by atoms with Crippen LogP contribution >= 0.6 is 39.1 Å². The molecule has 2 aromatic rings. The molecule has 0 aliphatic rings. The van der Waals surface area contributed by atoms with Gasteiger partial charge in [0.15, 0.2) is 0 Å². The lowest BCUT2D eigenvalue weighted by Crippen LogP contribution is -1.98. The van der Waals surface area contributed by atoms with Gasteiger partial charge in [0, 0.05) is 9.50 Å². The molecule has 0 spiro atoms. The van der Waals surface area contributed by atoms with E-state index in [1.807, 2.05) is 18.2 Å². The van der Waals surface area contributed by atoms with Gasteiger partial charge >= 0.3 is 0 Å². The molecule has 1 atom stereocenters. The van der Waals surface area contributed by atoms with Gasteiger partial charge in [-0.1, -0.05) is 51.8 Å². The van der Waals surface area contributed by atoms with E-state index in [1.165, 1.54) is 16.7 Å². The molecule has 0 fully saturated rings. The number of hydrogen-bond acceptors (Lipinski definition) is 0. The average molecular weight is 358 g/mol. The highest BCUT2D eigenvalue weighted by Crippen LogP contribution is 2.32. The van der Waals surface area contributed by atoms with Crippen LogP contribution in [0, 0.1) is 13.8 Å². The zero-order valence-electron chi connectivity index (χ0n) is 10.9. The van der Waals surface area contributed by atoms with Crippen molar-refractivity contribution in [2.24, 2.45) is 0 Å². The van der Waals surface area contributed by atoms with Crippen LogP contribution in [0.2, 0.25) is 5.02 Å². The maximum absolute atomic E-state index is 6.49. The van der Waals surface area contributed by atoms with Crippen molar-refractivity contribution >= 4 is 39.1 Å². The summed E-state index contributed by atoms with van der Waals surface area (Å²) in [5.41, 5.74) is 4.81. The third kappa shape index (κ3) is 3.75. The minimum atomic E-state index is -0.109. The second kappa shape index (κ2) is 6.30. The van der Waals surface area contributed by atoms with Crippen molar-refractivity contribution < 1.29 is 0 Å². The quantitative estimate of drug-likeness (QED) is 0.570. The smallest absolute Gasteiger partial charge is 0.0640 e. The maximum Gasteiger partial charge on any atom is 0.0640 e. The summed E-state index contributed by atoms with van der Waals surface area (Å²) in [5.74, 6) is 0. The highest BCUT2D eigenvalue weighted by Gasteiger charge is 2.13. The summed E-state index contributed by atoms with van der Waals surface area (Å²) >= 11 is 16.1. The molecule has 0 bridgehead atoms. The summed E-state index contributed by atoms with van der Waals surface area (Å²) in [4.78, 5) is 0. The molecule has 2 aromatic carbocycles. The summed E-state index contributed by atoms with van der Waals surface area (Å²) in [6.07, 6.45) is 0.782. The zero-order chi connectivity index (χ0) is 14.0. The Balaban J connectivity index is 2.20. The molecular weight excluding hydrogens is 343 g/mol. The summed E-state index contributed by atoms with van der Waals surface area (Å²) < 4.78 is 0.969. The Hall–Kier alpha value is -0.500. The van der Waals surface area contributed by atoms with Crippen LogP contribution in [0.3, 0.4) is 0 Å². The van der Waals surface area contributed by atoms with Crippen LogP contribution in [0.4, 0.5) is 0 Å². The molecule has 0 N–H and O–H groups in total. The van der Waals surface area contributed by atoms with Gasteiger partial charge in [-0.2, -0.15) is 0 Å². The molecule has 1 unspecified atom stereocenters. The number of aryl methyl sites for hydroxylation is 2. The third-order valence-corrected chi connectivity index (χ3v) is 4.50. The molecule has 0 heterocycles. The topological polar surface area (TPSA) is 0 Å². The van der Waals surface area contributed by atoms with Crippen molar-refractivity contribution in [2.45, 2.75) is 25.6 Å². The minimum absolute atomic E-state index is 0.109. The molecule has 0 radical (unpaired) electrons. The van der Waals surface area contributed by atoms with Crippen molar-refractivity contribution in [3.8, 4) is 0 Å². The molecule has 100 valence electrons. The molecule has 0 saturated carbocycles. The molecule has 2 rings (SSSR count). The first kappa shape index (κ1) is 14.9. The Bertz CT molecular complexity index is 593. The molecule has 0 nitrogen and oxygen atoms in total. The lowest BCUT2D eigenvalue weighted by atomic mass is 10.00. The first-order chi connectivity index (χ1) is 8.97. The second-order valence-corrected chi connectivity index (χ2v) is 6.61. The highest BCUT2D eigenvalue weighted by atomic mass is 79.9. The average Bonchev–Trinajstić information content (AvgIpc) is 2.33. The van der Waals surface area contributed by atoms with E-state index in [2.05, 4.69) is 48.0 Å². The maximum atomic E-state index is 6.49. The Kier molecular flexibility index (Phi) is 4.94. The van der Waals surface area contributed by atoms with Crippen molar-refractivity contribution in [1.29, 1.82) is 0 Å². The van der Waals surface area contributed by atoms with E-state index < -0.39 is 0 Å². The van der Waals surface area contributed by atoms with Gasteiger partial charge in [-0.05, 0) is 54.7 Å². The van der Waals surface area contributed by atoms with E-state index >= 15 is 0 Å². The summed E-state index contributed by atoms with van der Waals surface area (Å²) in [7, 11) is 0. The van der Waals surface area contributed by atoms with Gasteiger partial charge in [-0.15, -0.1) is 11.6 Å². The fourth-order valence-electron chi connectivity index (χ4n) is 2.00. The number of halogens is 3. The van der Waals surface area contributed by atoms with Crippen LogP contribution in [0.25, 0.3) is 0 Å². The predicted molar refractivity (Wildman–Crippen MR) is 87.4 cm³/mol. The molecule has 0 aliphatic carbocycles. The van der Waals surface area contributed by atoms with Gasteiger partial charge in [0.2, 0.25) is 0 Å². The first-order valence-corrected chi connectivity index (χ1v) is 7.73. The van der Waals surface area contributed by atoms with Gasteiger partial charge in [-0.25, -0.2) is 0 Å². The van der Waals surface area contributed by atoms with Gasteiger partial charge < -0.3 is 0 Å². The van der Waals surface area contributed by atoms with Crippen LogP contribution in [0.5, 0.6) is 0 Å². The summed E-state index contributed by atoms with van der Waals surface area (Å²) in [6.45, 7) is 4.23. The van der Waals surface area contributed by atoms with E-state index in [0.29, 0.717) is 5.02 Å². The third-order valence-electron chi connectivity index (χ3n) is 3.29. The Morgan fingerprint density at radius 2 is 1.79 bits per heavy atom. The SMILES string of the molecule is Cc1ccc(CC(Cl)c2ccc(Br)cc2Cl)cc1C. The van der Waals surface area contributed by atoms with E-state index in [1.54, 1.807) is 0 Å². The van der Waals surface area contributed by atoms with Crippen molar-refractivity contribution in [3.05, 3.63) is 68.1 Å². The number of rotatable bonds is 3. The standard InChI is InChI=1S/C16H15BrCl2/c1-10-3-4-12(7-11(10)2)8-15(18)14-6-5-13(17)9-16(14)19/h3-7,9,15H,8H2,1-2H3. The van der Waals surface area contributed by atoms with Gasteiger partial charge in [0.25, 0.3) is 0 Å². The summed E-state index contributed by atoms with van der Waals surface area (Å²) in [6, 6.07) is 12.3.